The van der Waals surface area contributed by atoms with Crippen LogP contribution in [0.1, 0.15) is 11.6 Å². The van der Waals surface area contributed by atoms with Crippen molar-refractivity contribution in [1.82, 2.24) is 4.98 Å². The molecule has 1 aliphatic heterocycles. The van der Waals surface area contributed by atoms with Gasteiger partial charge in [0, 0.05) is 5.56 Å². The number of para-hydroxylation sites is 2. The highest BCUT2D eigenvalue weighted by Gasteiger charge is 2.46. The fraction of sp³-hybridized carbons (Fsp3) is 0.0800. The van der Waals surface area contributed by atoms with E-state index in [1.165, 1.54) is 18.2 Å². The minimum Gasteiger partial charge on any atom is -0.503 e. The lowest BCUT2D eigenvalue weighted by Gasteiger charge is -2.24. The molecule has 34 heavy (non-hydrogen) atoms. The second kappa shape index (κ2) is 8.89. The van der Waals surface area contributed by atoms with Crippen LogP contribution < -0.4 is 9.64 Å². The normalized spacial score (nSPS) is 15.9. The first-order chi connectivity index (χ1) is 16.5. The SMILES string of the molecule is O=C(COc1ccccc1)C1=C(O)C(=O)N(c2nc3c(Cl)cccc3s2)C1c1ccccc1F. The van der Waals surface area contributed by atoms with Gasteiger partial charge in [0.1, 0.15) is 23.1 Å². The zero-order valence-electron chi connectivity index (χ0n) is 17.4. The van der Waals surface area contributed by atoms with Crippen molar-refractivity contribution in [3.8, 4) is 5.75 Å². The lowest BCUT2D eigenvalue weighted by Crippen LogP contribution is -2.32. The molecule has 0 bridgehead atoms. The Balaban J connectivity index is 1.58. The summed E-state index contributed by atoms with van der Waals surface area (Å²) >= 11 is 7.40. The maximum atomic E-state index is 14.9. The molecule has 5 rings (SSSR count). The Bertz CT molecular complexity index is 1450. The molecule has 6 nitrogen and oxygen atoms in total. The number of carbonyl (C=O) groups excluding carboxylic acids is 2. The van der Waals surface area contributed by atoms with Gasteiger partial charge in [0.15, 0.2) is 17.5 Å². The van der Waals surface area contributed by atoms with Crippen molar-refractivity contribution in [3.05, 3.63) is 101 Å². The molecule has 4 aromatic rings. The number of ketones is 1. The van der Waals surface area contributed by atoms with Crippen molar-refractivity contribution in [3.63, 3.8) is 0 Å². The minimum absolute atomic E-state index is 0.0494. The Hall–Kier alpha value is -3.75. The number of nitrogens with zero attached hydrogens (tertiary/aromatic N) is 2. The van der Waals surface area contributed by atoms with E-state index < -0.39 is 35.9 Å². The first-order valence-corrected chi connectivity index (χ1v) is 11.4. The second-order valence-electron chi connectivity index (χ2n) is 7.47. The topological polar surface area (TPSA) is 79.7 Å². The summed E-state index contributed by atoms with van der Waals surface area (Å²) in [7, 11) is 0. The van der Waals surface area contributed by atoms with Crippen LogP contribution in [-0.2, 0) is 9.59 Å². The average molecular weight is 495 g/mol. The predicted octanol–water partition coefficient (Wildman–Crippen LogP) is 5.64. The van der Waals surface area contributed by atoms with Crippen LogP contribution >= 0.6 is 22.9 Å². The average Bonchev–Trinajstić information content (AvgIpc) is 3.38. The third-order valence-electron chi connectivity index (χ3n) is 5.39. The molecule has 0 spiro atoms. The van der Waals surface area contributed by atoms with E-state index in [4.69, 9.17) is 16.3 Å². The van der Waals surface area contributed by atoms with Gasteiger partial charge in [-0.2, -0.15) is 0 Å². The van der Waals surface area contributed by atoms with E-state index in [0.29, 0.717) is 21.0 Å². The van der Waals surface area contributed by atoms with Crippen LogP contribution in [0.15, 0.2) is 84.1 Å². The second-order valence-corrected chi connectivity index (χ2v) is 8.89. The lowest BCUT2D eigenvalue weighted by atomic mass is 9.96. The zero-order valence-corrected chi connectivity index (χ0v) is 19.0. The fourth-order valence-electron chi connectivity index (χ4n) is 3.83. The molecule has 0 saturated carbocycles. The van der Waals surface area contributed by atoms with Crippen LogP contribution in [-0.4, -0.2) is 28.4 Å². The third-order valence-corrected chi connectivity index (χ3v) is 6.71. The van der Waals surface area contributed by atoms with Crippen LogP contribution in [0, 0.1) is 5.82 Å². The summed E-state index contributed by atoms with van der Waals surface area (Å²) in [5.41, 5.74) is 0.264. The molecule has 9 heteroatoms. The number of ether oxygens (including phenoxy) is 1. The number of aromatic nitrogens is 1. The predicted molar refractivity (Wildman–Crippen MR) is 128 cm³/mol. The number of aliphatic hydroxyl groups is 1. The van der Waals surface area contributed by atoms with Crippen LogP contribution in [0.4, 0.5) is 9.52 Å². The number of Topliss-reactive ketones (excluding diaryl/α,β-unsaturated/α-hetero) is 1. The lowest BCUT2D eigenvalue weighted by molar-refractivity contribution is -0.119. The molecule has 0 saturated heterocycles. The van der Waals surface area contributed by atoms with E-state index in [-0.39, 0.29) is 16.3 Å². The van der Waals surface area contributed by atoms with E-state index in [9.17, 15) is 19.1 Å². The van der Waals surface area contributed by atoms with Gasteiger partial charge in [0.2, 0.25) is 5.78 Å². The molecule has 1 aromatic heterocycles. The molecular weight excluding hydrogens is 479 g/mol. The van der Waals surface area contributed by atoms with Gasteiger partial charge in [0.25, 0.3) is 5.91 Å². The summed E-state index contributed by atoms with van der Waals surface area (Å²) in [5, 5.41) is 11.3. The molecule has 2 heterocycles. The van der Waals surface area contributed by atoms with Gasteiger partial charge < -0.3 is 9.84 Å². The fourth-order valence-corrected chi connectivity index (χ4v) is 5.12. The highest BCUT2D eigenvalue weighted by molar-refractivity contribution is 7.22. The first kappa shape index (κ1) is 22.1. The van der Waals surface area contributed by atoms with Gasteiger partial charge in [-0.05, 0) is 30.3 Å². The number of thiazole rings is 1. The number of fused-ring (bicyclic) bond motifs is 1. The highest BCUT2D eigenvalue weighted by atomic mass is 35.5. The first-order valence-electron chi connectivity index (χ1n) is 10.2. The Morgan fingerprint density at radius 1 is 1.09 bits per heavy atom. The summed E-state index contributed by atoms with van der Waals surface area (Å²) in [6.45, 7) is -0.443. The Morgan fingerprint density at radius 2 is 1.82 bits per heavy atom. The smallest absolute Gasteiger partial charge is 0.296 e. The van der Waals surface area contributed by atoms with E-state index in [0.717, 1.165) is 16.2 Å². The summed E-state index contributed by atoms with van der Waals surface area (Å²) < 4.78 is 21.2. The third kappa shape index (κ3) is 3.81. The van der Waals surface area contributed by atoms with Gasteiger partial charge in [0.05, 0.1) is 15.3 Å². The number of anilines is 1. The van der Waals surface area contributed by atoms with Crippen LogP contribution in [0.2, 0.25) is 5.02 Å². The molecule has 170 valence electrons. The number of aliphatic hydroxyl groups excluding tert-OH is 1. The number of halogens is 2. The molecular formula is C25H16ClFN2O4S. The summed E-state index contributed by atoms with van der Waals surface area (Å²) in [4.78, 5) is 32.0. The number of carbonyl (C=O) groups is 2. The maximum absolute atomic E-state index is 14.9. The molecule has 1 unspecified atom stereocenters. The molecule has 1 aliphatic rings. The Morgan fingerprint density at radius 3 is 2.56 bits per heavy atom. The highest BCUT2D eigenvalue weighted by Crippen LogP contribution is 2.44. The Kier molecular flexibility index (Phi) is 5.77. The maximum Gasteiger partial charge on any atom is 0.296 e. The molecule has 1 amide bonds. The van der Waals surface area contributed by atoms with E-state index >= 15 is 0 Å². The zero-order chi connectivity index (χ0) is 23.8. The van der Waals surface area contributed by atoms with Gasteiger partial charge in [-0.3, -0.25) is 14.5 Å². The van der Waals surface area contributed by atoms with Gasteiger partial charge in [-0.15, -0.1) is 0 Å². The molecule has 1 N–H and O–H groups in total. The van der Waals surface area contributed by atoms with Crippen LogP contribution in [0.5, 0.6) is 5.75 Å². The largest absolute Gasteiger partial charge is 0.503 e. The van der Waals surface area contributed by atoms with E-state index in [1.807, 2.05) is 0 Å². The molecule has 3 aromatic carbocycles. The number of amides is 1. The number of benzene rings is 3. The summed E-state index contributed by atoms with van der Waals surface area (Å²) in [5.74, 6) is -2.45. The monoisotopic (exact) mass is 494 g/mol. The molecule has 0 fully saturated rings. The van der Waals surface area contributed by atoms with E-state index in [1.54, 1.807) is 54.6 Å². The van der Waals surface area contributed by atoms with Crippen LogP contribution in [0.3, 0.4) is 0 Å². The van der Waals surface area contributed by atoms with Gasteiger partial charge >= 0.3 is 0 Å². The summed E-state index contributed by atoms with van der Waals surface area (Å²) in [6, 6.07) is 18.4. The van der Waals surface area contributed by atoms with Crippen LogP contribution in [0.25, 0.3) is 10.2 Å². The van der Waals surface area contributed by atoms with Crippen molar-refractivity contribution < 1.29 is 23.8 Å². The van der Waals surface area contributed by atoms with Crippen molar-refractivity contribution in [2.45, 2.75) is 6.04 Å². The molecule has 1 atom stereocenters. The number of hydrogen-bond acceptors (Lipinski definition) is 6. The number of hydrogen-bond donors (Lipinski definition) is 1. The quantitative estimate of drug-likeness (QED) is 0.375. The summed E-state index contributed by atoms with van der Waals surface area (Å²) in [6.07, 6.45) is 0. The minimum atomic E-state index is -1.22. The van der Waals surface area contributed by atoms with E-state index in [2.05, 4.69) is 4.98 Å². The molecule has 0 aliphatic carbocycles. The molecule has 0 radical (unpaired) electrons. The van der Waals surface area contributed by atoms with Gasteiger partial charge in [-0.25, -0.2) is 9.37 Å². The Labute approximate surface area is 202 Å². The standard InChI is InChI=1S/C25H16ClFN2O4S/c26-16-10-6-12-19-21(16)28-25(34-19)29-22(15-9-4-5-11-17(15)27)20(23(31)24(29)32)18(30)13-33-14-7-2-1-3-8-14/h1-12,22,31H,13H2. The van der Waals surface area contributed by atoms with Crippen molar-refractivity contribution in [2.75, 3.05) is 11.5 Å². The van der Waals surface area contributed by atoms with Crippen molar-refractivity contribution in [2.24, 2.45) is 0 Å². The number of rotatable bonds is 6. The van der Waals surface area contributed by atoms with Crippen molar-refractivity contribution >= 4 is 50.0 Å². The van der Waals surface area contributed by atoms with Gasteiger partial charge in [-0.1, -0.05) is 65.4 Å². The van der Waals surface area contributed by atoms with Crippen molar-refractivity contribution in [1.29, 1.82) is 0 Å².